The van der Waals surface area contributed by atoms with Crippen LogP contribution in [-0.2, 0) is 4.79 Å². The third kappa shape index (κ3) is 1.46. The van der Waals surface area contributed by atoms with Crippen molar-refractivity contribution in [2.75, 3.05) is 7.05 Å². The molecule has 0 spiro atoms. The van der Waals surface area contributed by atoms with Crippen molar-refractivity contribution in [1.29, 1.82) is 0 Å². The molecule has 2 aliphatic rings. The Kier molecular flexibility index (Phi) is 2.28. The molecule has 0 aromatic rings. The first kappa shape index (κ1) is 9.00. The van der Waals surface area contributed by atoms with Crippen LogP contribution < -0.4 is 0 Å². The van der Waals surface area contributed by atoms with E-state index in [1.165, 1.54) is 25.7 Å². The van der Waals surface area contributed by atoms with E-state index in [9.17, 15) is 4.79 Å². The first-order chi connectivity index (χ1) is 6.20. The second kappa shape index (κ2) is 3.29. The molecule has 2 rings (SSSR count). The summed E-state index contributed by atoms with van der Waals surface area (Å²) >= 11 is 0. The third-order valence-corrected chi connectivity index (χ3v) is 3.69. The quantitative estimate of drug-likeness (QED) is 0.666. The van der Waals surface area contributed by atoms with Crippen LogP contribution in [0.3, 0.4) is 0 Å². The average molecular weight is 183 g/mol. The van der Waals surface area contributed by atoms with Gasteiger partial charge in [-0.25, -0.2) is 0 Å². The summed E-state index contributed by atoms with van der Waals surface area (Å²) in [5.74, 6) is 0.0109. The van der Waals surface area contributed by atoms with E-state index in [0.717, 1.165) is 6.42 Å². The molecule has 0 unspecified atom stereocenters. The maximum Gasteiger partial charge on any atom is 0.320 e. The normalized spacial score (nSPS) is 40.2. The van der Waals surface area contributed by atoms with Crippen molar-refractivity contribution in [2.45, 2.75) is 44.2 Å². The summed E-state index contributed by atoms with van der Waals surface area (Å²) in [6, 6.07) is 0.336. The van der Waals surface area contributed by atoms with Gasteiger partial charge in [0, 0.05) is 6.04 Å². The van der Waals surface area contributed by atoms with Gasteiger partial charge in [-0.05, 0) is 32.2 Å². The van der Waals surface area contributed by atoms with E-state index in [4.69, 9.17) is 5.11 Å². The molecule has 3 atom stereocenters. The van der Waals surface area contributed by atoms with Crippen molar-refractivity contribution in [2.24, 2.45) is 5.92 Å². The standard InChI is InChI=1S/C10H17NO2/c1-11-8-5-3-2-4-7(8)6-9(11)10(12)13/h7-9H,2-6H2,1H3,(H,12,13)/t7-,8-,9+/m1/s1. The van der Waals surface area contributed by atoms with Gasteiger partial charge in [-0.1, -0.05) is 12.8 Å². The molecule has 1 aliphatic heterocycles. The van der Waals surface area contributed by atoms with Gasteiger partial charge in [0.2, 0.25) is 0 Å². The number of carboxylic acid groups (broad SMARTS) is 1. The number of aliphatic carboxylic acids is 1. The van der Waals surface area contributed by atoms with Gasteiger partial charge in [-0.3, -0.25) is 9.69 Å². The van der Waals surface area contributed by atoms with E-state index < -0.39 is 5.97 Å². The van der Waals surface area contributed by atoms with Crippen molar-refractivity contribution >= 4 is 5.97 Å². The summed E-state index contributed by atoms with van der Waals surface area (Å²) in [5.41, 5.74) is 0. The van der Waals surface area contributed by atoms with E-state index in [2.05, 4.69) is 4.90 Å². The maximum atomic E-state index is 10.9. The summed E-state index contributed by atoms with van der Waals surface area (Å²) < 4.78 is 0. The number of likely N-dealkylation sites (tertiary alicyclic amines) is 1. The minimum atomic E-state index is -0.642. The molecule has 0 bridgehead atoms. The number of likely N-dealkylation sites (N-methyl/N-ethyl adjacent to an activating group) is 1. The van der Waals surface area contributed by atoms with Gasteiger partial charge in [-0.15, -0.1) is 0 Å². The molecular formula is C10H17NO2. The molecule has 13 heavy (non-hydrogen) atoms. The van der Waals surface area contributed by atoms with E-state index in [1.807, 2.05) is 7.05 Å². The van der Waals surface area contributed by atoms with Crippen LogP contribution in [0.1, 0.15) is 32.1 Å². The molecule has 1 aliphatic carbocycles. The molecule has 3 nitrogen and oxygen atoms in total. The number of nitrogens with zero attached hydrogens (tertiary/aromatic N) is 1. The number of hydrogen-bond donors (Lipinski definition) is 1. The van der Waals surface area contributed by atoms with E-state index >= 15 is 0 Å². The zero-order chi connectivity index (χ0) is 9.42. The molecule has 74 valence electrons. The predicted molar refractivity (Wildman–Crippen MR) is 49.5 cm³/mol. The van der Waals surface area contributed by atoms with Gasteiger partial charge in [0.25, 0.3) is 0 Å². The molecule has 1 heterocycles. The van der Waals surface area contributed by atoms with Gasteiger partial charge in [0.1, 0.15) is 6.04 Å². The fraction of sp³-hybridized carbons (Fsp3) is 0.900. The van der Waals surface area contributed by atoms with Crippen LogP contribution in [0.2, 0.25) is 0 Å². The summed E-state index contributed by atoms with van der Waals surface area (Å²) in [6.45, 7) is 0. The SMILES string of the molecule is CN1[C@@H]2CCCC[C@@H]2C[C@H]1C(=O)O. The Hall–Kier alpha value is -0.570. The Bertz CT molecular complexity index is 217. The number of carbonyl (C=O) groups is 1. The second-order valence-electron chi connectivity index (χ2n) is 4.37. The fourth-order valence-electron chi connectivity index (χ4n) is 2.96. The third-order valence-electron chi connectivity index (χ3n) is 3.69. The highest BCUT2D eigenvalue weighted by Gasteiger charge is 2.42. The topological polar surface area (TPSA) is 40.5 Å². The lowest BCUT2D eigenvalue weighted by Crippen LogP contribution is -2.38. The predicted octanol–water partition coefficient (Wildman–Crippen LogP) is 1.33. The van der Waals surface area contributed by atoms with Crippen molar-refractivity contribution in [3.8, 4) is 0 Å². The summed E-state index contributed by atoms with van der Waals surface area (Å²) in [6.07, 6.45) is 5.87. The van der Waals surface area contributed by atoms with Crippen molar-refractivity contribution in [3.05, 3.63) is 0 Å². The Morgan fingerprint density at radius 1 is 1.38 bits per heavy atom. The highest BCUT2D eigenvalue weighted by atomic mass is 16.4. The lowest BCUT2D eigenvalue weighted by Gasteiger charge is -2.29. The van der Waals surface area contributed by atoms with Crippen LogP contribution >= 0.6 is 0 Å². The van der Waals surface area contributed by atoms with E-state index in [-0.39, 0.29) is 6.04 Å². The smallest absolute Gasteiger partial charge is 0.320 e. The van der Waals surface area contributed by atoms with E-state index in [0.29, 0.717) is 12.0 Å². The highest BCUT2D eigenvalue weighted by molar-refractivity contribution is 5.74. The molecule has 0 amide bonds. The van der Waals surface area contributed by atoms with E-state index in [1.54, 1.807) is 0 Å². The number of carboxylic acids is 1. The molecule has 1 N–H and O–H groups in total. The number of rotatable bonds is 1. The largest absolute Gasteiger partial charge is 0.480 e. The fourth-order valence-corrected chi connectivity index (χ4v) is 2.96. The minimum absolute atomic E-state index is 0.215. The Balaban J connectivity index is 2.09. The lowest BCUT2D eigenvalue weighted by atomic mass is 9.85. The van der Waals surface area contributed by atoms with Crippen LogP contribution in [0, 0.1) is 5.92 Å². The van der Waals surface area contributed by atoms with Gasteiger partial charge in [-0.2, -0.15) is 0 Å². The first-order valence-electron chi connectivity index (χ1n) is 5.15. The van der Waals surface area contributed by atoms with Crippen molar-refractivity contribution in [3.63, 3.8) is 0 Å². The van der Waals surface area contributed by atoms with Crippen molar-refractivity contribution in [1.82, 2.24) is 4.90 Å². The zero-order valence-corrected chi connectivity index (χ0v) is 8.07. The first-order valence-corrected chi connectivity index (χ1v) is 5.15. The second-order valence-corrected chi connectivity index (χ2v) is 4.37. The average Bonchev–Trinajstić information content (AvgIpc) is 2.45. The molecule has 0 radical (unpaired) electrons. The Labute approximate surface area is 78.7 Å². The van der Waals surface area contributed by atoms with Crippen LogP contribution in [0.5, 0.6) is 0 Å². The monoisotopic (exact) mass is 183 g/mol. The van der Waals surface area contributed by atoms with Crippen LogP contribution in [-0.4, -0.2) is 35.1 Å². The molecular weight excluding hydrogens is 166 g/mol. The summed E-state index contributed by atoms with van der Waals surface area (Å²) in [4.78, 5) is 13.0. The molecule has 1 saturated carbocycles. The molecule has 3 heteroatoms. The van der Waals surface area contributed by atoms with Crippen LogP contribution in [0.15, 0.2) is 0 Å². The molecule has 0 aromatic heterocycles. The lowest BCUT2D eigenvalue weighted by molar-refractivity contribution is -0.142. The summed E-state index contributed by atoms with van der Waals surface area (Å²) in [5, 5.41) is 8.99. The molecule has 1 saturated heterocycles. The van der Waals surface area contributed by atoms with Crippen LogP contribution in [0.25, 0.3) is 0 Å². The Morgan fingerprint density at radius 2 is 2.08 bits per heavy atom. The number of hydrogen-bond acceptors (Lipinski definition) is 2. The van der Waals surface area contributed by atoms with Crippen LogP contribution in [0.4, 0.5) is 0 Å². The van der Waals surface area contributed by atoms with Gasteiger partial charge in [0.05, 0.1) is 0 Å². The minimum Gasteiger partial charge on any atom is -0.480 e. The van der Waals surface area contributed by atoms with Gasteiger partial charge < -0.3 is 5.11 Å². The van der Waals surface area contributed by atoms with Gasteiger partial charge >= 0.3 is 5.97 Å². The Morgan fingerprint density at radius 3 is 2.69 bits per heavy atom. The summed E-state index contributed by atoms with van der Waals surface area (Å²) in [7, 11) is 1.97. The van der Waals surface area contributed by atoms with Gasteiger partial charge in [0.15, 0.2) is 0 Å². The zero-order valence-electron chi connectivity index (χ0n) is 8.07. The maximum absolute atomic E-state index is 10.9. The molecule has 2 fully saturated rings. The highest BCUT2D eigenvalue weighted by Crippen LogP contribution is 2.38. The molecule has 0 aromatic carbocycles. The number of fused-ring (bicyclic) bond motifs is 1. The van der Waals surface area contributed by atoms with Crippen molar-refractivity contribution < 1.29 is 9.90 Å².